The van der Waals surface area contributed by atoms with Crippen molar-refractivity contribution < 1.29 is 9.59 Å². The SMILES string of the molecule is C[C@@H]1CC2C(=O)C3C[C@H](C)[C@H](C)CC3C(=O)C2C[C@@H]1C. The third kappa shape index (κ3) is 2.07. The lowest BCUT2D eigenvalue weighted by Gasteiger charge is -2.48. The third-order valence-corrected chi connectivity index (χ3v) is 6.88. The Hall–Kier alpha value is -0.660. The van der Waals surface area contributed by atoms with E-state index in [-0.39, 0.29) is 23.7 Å². The van der Waals surface area contributed by atoms with Gasteiger partial charge in [0.15, 0.2) is 0 Å². The Balaban J connectivity index is 1.88. The Morgan fingerprint density at radius 2 is 0.750 bits per heavy atom. The second kappa shape index (κ2) is 4.96. The van der Waals surface area contributed by atoms with Gasteiger partial charge in [-0.2, -0.15) is 0 Å². The summed E-state index contributed by atoms with van der Waals surface area (Å²) in [5.41, 5.74) is 0. The van der Waals surface area contributed by atoms with E-state index in [0.717, 1.165) is 25.7 Å². The molecule has 0 heterocycles. The zero-order chi connectivity index (χ0) is 14.6. The lowest BCUT2D eigenvalue weighted by Crippen LogP contribution is -2.53. The average Bonchev–Trinajstić information content (AvgIpc) is 2.41. The molecule has 0 bridgehead atoms. The summed E-state index contributed by atoms with van der Waals surface area (Å²) < 4.78 is 0. The van der Waals surface area contributed by atoms with Gasteiger partial charge >= 0.3 is 0 Å². The molecule has 0 aromatic rings. The van der Waals surface area contributed by atoms with Gasteiger partial charge in [0.2, 0.25) is 0 Å². The molecule has 3 aliphatic rings. The van der Waals surface area contributed by atoms with E-state index in [9.17, 15) is 9.59 Å². The molecular formula is C18H28O2. The van der Waals surface area contributed by atoms with E-state index in [4.69, 9.17) is 0 Å². The number of ketones is 2. The van der Waals surface area contributed by atoms with Crippen molar-refractivity contribution in [3.05, 3.63) is 0 Å². The van der Waals surface area contributed by atoms with Crippen molar-refractivity contribution in [1.82, 2.24) is 0 Å². The van der Waals surface area contributed by atoms with Gasteiger partial charge in [-0.15, -0.1) is 0 Å². The van der Waals surface area contributed by atoms with Gasteiger partial charge in [-0.25, -0.2) is 0 Å². The normalized spacial score (nSPS) is 52.4. The molecule has 0 amide bonds. The lowest BCUT2D eigenvalue weighted by molar-refractivity contribution is -0.155. The van der Waals surface area contributed by atoms with E-state index >= 15 is 0 Å². The highest BCUT2D eigenvalue weighted by Crippen LogP contribution is 2.50. The fraction of sp³-hybridized carbons (Fsp3) is 0.889. The van der Waals surface area contributed by atoms with Gasteiger partial charge in [0.05, 0.1) is 0 Å². The number of hydrogen-bond acceptors (Lipinski definition) is 2. The van der Waals surface area contributed by atoms with E-state index in [2.05, 4.69) is 27.7 Å². The minimum atomic E-state index is 0.0514. The molecule has 0 N–H and O–H groups in total. The van der Waals surface area contributed by atoms with Gasteiger partial charge in [-0.1, -0.05) is 27.7 Å². The third-order valence-electron chi connectivity index (χ3n) is 6.88. The number of carbonyl (C=O) groups excluding carboxylic acids is 2. The van der Waals surface area contributed by atoms with E-state index in [1.54, 1.807) is 0 Å². The Bertz CT molecular complexity index is 351. The smallest absolute Gasteiger partial charge is 0.140 e. The summed E-state index contributed by atoms with van der Waals surface area (Å²) in [6.45, 7) is 8.99. The predicted molar refractivity (Wildman–Crippen MR) is 79.1 cm³/mol. The molecule has 0 spiro atoms. The summed E-state index contributed by atoms with van der Waals surface area (Å²) >= 11 is 0. The van der Waals surface area contributed by atoms with Gasteiger partial charge in [-0.3, -0.25) is 9.59 Å². The maximum atomic E-state index is 12.9. The van der Waals surface area contributed by atoms with E-state index in [1.165, 1.54) is 0 Å². The van der Waals surface area contributed by atoms with Crippen molar-refractivity contribution in [1.29, 1.82) is 0 Å². The standard InChI is InChI=1S/C18H28O2/c1-9-5-13-14(6-10(9)2)18(20)16-8-12(4)11(3)7-15(16)17(13)19/h9-16H,5-8H2,1-4H3/t9-,10+,11+,12-,13?,14?,15?,16?. The molecule has 3 saturated carbocycles. The van der Waals surface area contributed by atoms with Crippen LogP contribution in [0, 0.1) is 47.3 Å². The summed E-state index contributed by atoms with van der Waals surface area (Å²) in [5, 5.41) is 0. The summed E-state index contributed by atoms with van der Waals surface area (Å²) in [4.78, 5) is 25.8. The molecule has 0 saturated heterocycles. The molecular weight excluding hydrogens is 248 g/mol. The Kier molecular flexibility index (Phi) is 3.54. The van der Waals surface area contributed by atoms with Crippen LogP contribution in [0.4, 0.5) is 0 Å². The molecule has 2 nitrogen and oxygen atoms in total. The maximum Gasteiger partial charge on any atom is 0.140 e. The van der Waals surface area contributed by atoms with Crippen LogP contribution in [0.5, 0.6) is 0 Å². The van der Waals surface area contributed by atoms with Crippen molar-refractivity contribution in [2.75, 3.05) is 0 Å². The molecule has 3 rings (SSSR count). The molecule has 20 heavy (non-hydrogen) atoms. The second-order valence-electron chi connectivity index (χ2n) is 8.08. The number of fused-ring (bicyclic) bond motifs is 2. The molecule has 2 heteroatoms. The fourth-order valence-corrected chi connectivity index (χ4v) is 5.00. The van der Waals surface area contributed by atoms with Crippen molar-refractivity contribution in [3.8, 4) is 0 Å². The first-order valence-electron chi connectivity index (χ1n) is 8.47. The van der Waals surface area contributed by atoms with E-state index < -0.39 is 0 Å². The van der Waals surface area contributed by atoms with Crippen LogP contribution in [-0.2, 0) is 9.59 Å². The molecule has 0 aromatic heterocycles. The first-order valence-corrected chi connectivity index (χ1v) is 8.47. The van der Waals surface area contributed by atoms with Gasteiger partial charge < -0.3 is 0 Å². The summed E-state index contributed by atoms with van der Waals surface area (Å²) in [6.07, 6.45) is 3.79. The Morgan fingerprint density at radius 1 is 0.550 bits per heavy atom. The molecule has 8 atom stereocenters. The van der Waals surface area contributed by atoms with Gasteiger partial charge in [0, 0.05) is 23.7 Å². The summed E-state index contributed by atoms with van der Waals surface area (Å²) in [5.74, 6) is 3.44. The highest BCUT2D eigenvalue weighted by molar-refractivity contribution is 5.99. The summed E-state index contributed by atoms with van der Waals surface area (Å²) in [7, 11) is 0. The zero-order valence-corrected chi connectivity index (χ0v) is 13.3. The number of hydrogen-bond donors (Lipinski definition) is 0. The van der Waals surface area contributed by atoms with Crippen LogP contribution < -0.4 is 0 Å². The van der Waals surface area contributed by atoms with Crippen LogP contribution in [-0.4, -0.2) is 11.6 Å². The average molecular weight is 276 g/mol. The second-order valence-corrected chi connectivity index (χ2v) is 8.08. The number of Topliss-reactive ketones (excluding diaryl/α,β-unsaturated/α-hetero) is 2. The van der Waals surface area contributed by atoms with Gasteiger partial charge in [-0.05, 0) is 49.4 Å². The van der Waals surface area contributed by atoms with Crippen molar-refractivity contribution >= 4 is 11.6 Å². The maximum absolute atomic E-state index is 12.9. The Morgan fingerprint density at radius 3 is 0.950 bits per heavy atom. The van der Waals surface area contributed by atoms with Crippen molar-refractivity contribution in [2.24, 2.45) is 47.3 Å². The quantitative estimate of drug-likeness (QED) is 0.675. The highest BCUT2D eigenvalue weighted by Gasteiger charge is 2.53. The van der Waals surface area contributed by atoms with Crippen molar-refractivity contribution in [3.63, 3.8) is 0 Å². The molecule has 112 valence electrons. The number of carbonyl (C=O) groups is 2. The first kappa shape index (κ1) is 14.3. The van der Waals surface area contributed by atoms with Crippen LogP contribution in [0.15, 0.2) is 0 Å². The van der Waals surface area contributed by atoms with Gasteiger partial charge in [0.1, 0.15) is 11.6 Å². The highest BCUT2D eigenvalue weighted by atomic mass is 16.1. The van der Waals surface area contributed by atoms with Gasteiger partial charge in [0.25, 0.3) is 0 Å². The topological polar surface area (TPSA) is 34.1 Å². The van der Waals surface area contributed by atoms with Crippen LogP contribution in [0.3, 0.4) is 0 Å². The van der Waals surface area contributed by atoms with Crippen LogP contribution in [0.1, 0.15) is 53.4 Å². The predicted octanol–water partition coefficient (Wildman–Crippen LogP) is 3.74. The largest absolute Gasteiger partial charge is 0.299 e. The minimum absolute atomic E-state index is 0.0514. The molecule has 4 unspecified atom stereocenters. The first-order chi connectivity index (χ1) is 9.40. The monoisotopic (exact) mass is 276 g/mol. The minimum Gasteiger partial charge on any atom is -0.299 e. The van der Waals surface area contributed by atoms with Crippen molar-refractivity contribution in [2.45, 2.75) is 53.4 Å². The van der Waals surface area contributed by atoms with Crippen LogP contribution in [0.25, 0.3) is 0 Å². The van der Waals surface area contributed by atoms with E-state index in [1.807, 2.05) is 0 Å². The summed E-state index contributed by atoms with van der Waals surface area (Å²) in [6, 6.07) is 0. The molecule has 0 aliphatic heterocycles. The fourth-order valence-electron chi connectivity index (χ4n) is 5.00. The zero-order valence-electron chi connectivity index (χ0n) is 13.3. The molecule has 0 radical (unpaired) electrons. The van der Waals surface area contributed by atoms with Crippen LogP contribution >= 0.6 is 0 Å². The molecule has 0 aromatic carbocycles. The lowest BCUT2D eigenvalue weighted by atomic mass is 9.53. The molecule has 3 aliphatic carbocycles. The molecule has 3 fully saturated rings. The Labute approximate surface area is 122 Å². The number of rotatable bonds is 0. The van der Waals surface area contributed by atoms with E-state index in [0.29, 0.717) is 35.2 Å². The van der Waals surface area contributed by atoms with Crippen LogP contribution in [0.2, 0.25) is 0 Å².